The summed E-state index contributed by atoms with van der Waals surface area (Å²) >= 11 is 0. The summed E-state index contributed by atoms with van der Waals surface area (Å²) in [6, 6.07) is 8.89. The van der Waals surface area contributed by atoms with Crippen molar-refractivity contribution in [3.8, 4) is 11.5 Å². The van der Waals surface area contributed by atoms with Gasteiger partial charge in [0.05, 0.1) is 0 Å². The predicted molar refractivity (Wildman–Crippen MR) is 74.5 cm³/mol. The van der Waals surface area contributed by atoms with Crippen LogP contribution in [0.2, 0.25) is 0 Å². The van der Waals surface area contributed by atoms with Gasteiger partial charge in [-0.1, -0.05) is 22.9 Å². The first kappa shape index (κ1) is 12.6. The van der Waals surface area contributed by atoms with Crippen molar-refractivity contribution in [3.63, 3.8) is 0 Å². The number of benzene rings is 2. The summed E-state index contributed by atoms with van der Waals surface area (Å²) in [6.07, 6.45) is 0. The molecule has 0 N–H and O–H groups in total. The van der Waals surface area contributed by atoms with Gasteiger partial charge in [-0.05, 0) is 25.5 Å². The van der Waals surface area contributed by atoms with Gasteiger partial charge in [0.25, 0.3) is 0 Å². The summed E-state index contributed by atoms with van der Waals surface area (Å²) in [5, 5.41) is 7.72. The molecule has 2 aromatic carbocycles. The number of fused-ring (bicyclic) bond motifs is 1. The van der Waals surface area contributed by atoms with Crippen molar-refractivity contribution in [2.24, 2.45) is 7.05 Å². The van der Waals surface area contributed by atoms with Gasteiger partial charge >= 0.3 is 0 Å². The summed E-state index contributed by atoms with van der Waals surface area (Å²) < 4.78 is 21.2. The van der Waals surface area contributed by atoms with Crippen LogP contribution in [-0.4, -0.2) is 15.0 Å². The SMILES string of the molecule is Cc1ccc(Oc2cc(F)c3c(c2)nnn3C)c(C)c1. The molecule has 4 nitrogen and oxygen atoms in total. The minimum absolute atomic E-state index is 0.373. The van der Waals surface area contributed by atoms with E-state index in [0.717, 1.165) is 11.1 Å². The Morgan fingerprint density at radius 1 is 1.15 bits per heavy atom. The Hall–Kier alpha value is -2.43. The Morgan fingerprint density at radius 2 is 1.95 bits per heavy atom. The average Bonchev–Trinajstić information content (AvgIpc) is 2.75. The fourth-order valence-electron chi connectivity index (χ4n) is 2.22. The van der Waals surface area contributed by atoms with Crippen molar-refractivity contribution in [3.05, 3.63) is 47.3 Å². The highest BCUT2D eigenvalue weighted by molar-refractivity contribution is 5.76. The van der Waals surface area contributed by atoms with E-state index in [2.05, 4.69) is 10.3 Å². The van der Waals surface area contributed by atoms with E-state index < -0.39 is 5.82 Å². The van der Waals surface area contributed by atoms with E-state index in [-0.39, 0.29) is 0 Å². The Kier molecular flexibility index (Phi) is 2.89. The highest BCUT2D eigenvalue weighted by Crippen LogP contribution is 2.29. The third-order valence-electron chi connectivity index (χ3n) is 3.19. The van der Waals surface area contributed by atoms with Crippen molar-refractivity contribution in [2.75, 3.05) is 0 Å². The van der Waals surface area contributed by atoms with Crippen LogP contribution in [0.25, 0.3) is 11.0 Å². The molecule has 0 radical (unpaired) electrons. The molecule has 0 aliphatic heterocycles. The van der Waals surface area contributed by atoms with Gasteiger partial charge < -0.3 is 4.74 Å². The first-order valence-electron chi connectivity index (χ1n) is 6.28. The van der Waals surface area contributed by atoms with Crippen molar-refractivity contribution in [2.45, 2.75) is 13.8 Å². The maximum absolute atomic E-state index is 14.0. The highest BCUT2D eigenvalue weighted by atomic mass is 19.1. The van der Waals surface area contributed by atoms with E-state index >= 15 is 0 Å². The van der Waals surface area contributed by atoms with Crippen molar-refractivity contribution in [1.82, 2.24) is 15.0 Å². The molecule has 0 saturated heterocycles. The topological polar surface area (TPSA) is 39.9 Å². The highest BCUT2D eigenvalue weighted by Gasteiger charge is 2.11. The number of hydrogen-bond acceptors (Lipinski definition) is 3. The molecule has 5 heteroatoms. The zero-order valence-corrected chi connectivity index (χ0v) is 11.5. The van der Waals surface area contributed by atoms with E-state index in [1.807, 2.05) is 32.0 Å². The van der Waals surface area contributed by atoms with Gasteiger partial charge in [0, 0.05) is 19.2 Å². The van der Waals surface area contributed by atoms with E-state index in [4.69, 9.17) is 4.74 Å². The van der Waals surface area contributed by atoms with Crippen LogP contribution >= 0.6 is 0 Å². The van der Waals surface area contributed by atoms with Crippen LogP contribution in [0, 0.1) is 19.7 Å². The molecule has 0 aliphatic rings. The number of rotatable bonds is 2. The summed E-state index contributed by atoms with van der Waals surface area (Å²) in [5.41, 5.74) is 3.01. The van der Waals surface area contributed by atoms with E-state index in [1.54, 1.807) is 13.1 Å². The predicted octanol–water partition coefficient (Wildman–Crippen LogP) is 3.52. The molecule has 3 aromatic rings. The Balaban J connectivity index is 2.02. The molecule has 0 saturated carbocycles. The Bertz CT molecular complexity index is 795. The van der Waals surface area contributed by atoms with Gasteiger partial charge in [-0.3, -0.25) is 0 Å². The third kappa shape index (κ3) is 2.11. The van der Waals surface area contributed by atoms with Crippen LogP contribution in [0.3, 0.4) is 0 Å². The third-order valence-corrected chi connectivity index (χ3v) is 3.19. The maximum atomic E-state index is 14.0. The standard InChI is InChI=1S/C15H14FN3O/c1-9-4-5-14(10(2)6-9)20-11-7-12(16)15-13(8-11)17-18-19(15)3/h4-8H,1-3H3. The molecule has 0 atom stereocenters. The van der Waals surface area contributed by atoms with Gasteiger partial charge in [-0.15, -0.1) is 5.10 Å². The summed E-state index contributed by atoms with van der Waals surface area (Å²) in [7, 11) is 1.66. The minimum atomic E-state index is -0.394. The zero-order valence-electron chi connectivity index (χ0n) is 11.5. The molecule has 0 aliphatic carbocycles. The fraction of sp³-hybridized carbons (Fsp3) is 0.200. The van der Waals surface area contributed by atoms with Crippen molar-refractivity contribution >= 4 is 11.0 Å². The van der Waals surface area contributed by atoms with Crippen molar-refractivity contribution < 1.29 is 9.13 Å². The maximum Gasteiger partial charge on any atom is 0.154 e. The van der Waals surface area contributed by atoms with Crippen LogP contribution in [0.1, 0.15) is 11.1 Å². The summed E-state index contributed by atoms with van der Waals surface area (Å²) in [6.45, 7) is 3.97. The van der Waals surface area contributed by atoms with Crippen LogP contribution in [-0.2, 0) is 7.05 Å². The van der Waals surface area contributed by atoms with E-state index in [9.17, 15) is 4.39 Å². The molecule has 0 spiro atoms. The lowest BCUT2D eigenvalue weighted by atomic mass is 10.1. The first-order chi connectivity index (χ1) is 9.54. The Morgan fingerprint density at radius 3 is 2.70 bits per heavy atom. The minimum Gasteiger partial charge on any atom is -0.457 e. The molecule has 1 heterocycles. The lowest BCUT2D eigenvalue weighted by molar-refractivity contribution is 0.474. The number of aryl methyl sites for hydroxylation is 3. The molecule has 20 heavy (non-hydrogen) atoms. The monoisotopic (exact) mass is 271 g/mol. The summed E-state index contributed by atoms with van der Waals surface area (Å²) in [4.78, 5) is 0. The number of halogens is 1. The molecule has 1 aromatic heterocycles. The second kappa shape index (κ2) is 4.59. The number of ether oxygens (including phenoxy) is 1. The average molecular weight is 271 g/mol. The molecular weight excluding hydrogens is 257 g/mol. The first-order valence-corrected chi connectivity index (χ1v) is 6.28. The van der Waals surface area contributed by atoms with Gasteiger partial charge in [-0.25, -0.2) is 9.07 Å². The quantitative estimate of drug-likeness (QED) is 0.716. The van der Waals surface area contributed by atoms with Crippen molar-refractivity contribution in [1.29, 1.82) is 0 Å². The fourth-order valence-corrected chi connectivity index (χ4v) is 2.22. The Labute approximate surface area is 115 Å². The van der Waals surface area contributed by atoms with Crippen LogP contribution in [0.5, 0.6) is 11.5 Å². The molecule has 0 fully saturated rings. The zero-order chi connectivity index (χ0) is 14.3. The second-order valence-corrected chi connectivity index (χ2v) is 4.86. The molecule has 0 amide bonds. The van der Waals surface area contributed by atoms with Gasteiger partial charge in [-0.2, -0.15) is 0 Å². The number of aromatic nitrogens is 3. The van der Waals surface area contributed by atoms with E-state index in [1.165, 1.54) is 10.7 Å². The largest absolute Gasteiger partial charge is 0.457 e. The molecule has 102 valence electrons. The van der Waals surface area contributed by atoms with E-state index in [0.29, 0.717) is 22.5 Å². The van der Waals surface area contributed by atoms with Crippen LogP contribution < -0.4 is 4.74 Å². The molecule has 3 rings (SSSR count). The smallest absolute Gasteiger partial charge is 0.154 e. The van der Waals surface area contributed by atoms with Crippen LogP contribution in [0.15, 0.2) is 30.3 Å². The molecule has 0 bridgehead atoms. The van der Waals surface area contributed by atoms with Crippen LogP contribution in [0.4, 0.5) is 4.39 Å². The molecular formula is C15H14FN3O. The lowest BCUT2D eigenvalue weighted by Crippen LogP contribution is -1.93. The number of hydrogen-bond donors (Lipinski definition) is 0. The van der Waals surface area contributed by atoms with Gasteiger partial charge in [0.2, 0.25) is 0 Å². The van der Waals surface area contributed by atoms with Gasteiger partial charge in [0.1, 0.15) is 22.5 Å². The normalized spacial score (nSPS) is 11.0. The lowest BCUT2D eigenvalue weighted by Gasteiger charge is -2.09. The molecule has 0 unspecified atom stereocenters. The van der Waals surface area contributed by atoms with Gasteiger partial charge in [0.15, 0.2) is 5.82 Å². The summed E-state index contributed by atoms with van der Waals surface area (Å²) in [5.74, 6) is 0.732. The second-order valence-electron chi connectivity index (χ2n) is 4.86. The number of nitrogens with zero attached hydrogens (tertiary/aromatic N) is 3.